The predicted molar refractivity (Wildman–Crippen MR) is 83.6 cm³/mol. The summed E-state index contributed by atoms with van der Waals surface area (Å²) in [6.45, 7) is 1.17. The topological polar surface area (TPSA) is 75.4 Å². The van der Waals surface area contributed by atoms with Crippen molar-refractivity contribution in [3.8, 4) is 0 Å². The van der Waals surface area contributed by atoms with Crippen LogP contribution in [0.1, 0.15) is 19.3 Å². The van der Waals surface area contributed by atoms with Crippen molar-refractivity contribution in [3.05, 3.63) is 28.2 Å². The van der Waals surface area contributed by atoms with Gasteiger partial charge in [0.25, 0.3) is 0 Å². The van der Waals surface area contributed by atoms with Gasteiger partial charge in [-0.15, -0.1) is 0 Å². The molecule has 7 heteroatoms. The molecule has 1 aliphatic heterocycles. The maximum atomic E-state index is 12.3. The molecule has 2 rings (SSSR count). The predicted octanol–water partition coefficient (Wildman–Crippen LogP) is 3.11. The van der Waals surface area contributed by atoms with Crippen molar-refractivity contribution in [2.24, 2.45) is 11.7 Å². The number of hydrogen-bond donors (Lipinski definition) is 2. The molecule has 1 aromatic rings. The maximum absolute atomic E-state index is 12.3. The van der Waals surface area contributed by atoms with E-state index in [1.165, 1.54) is 0 Å². The second-order valence-electron chi connectivity index (χ2n) is 5.16. The fraction of sp³-hybridized carbons (Fsp3) is 0.429. The maximum Gasteiger partial charge on any atom is 0.321 e. The molecule has 1 atom stereocenters. The average Bonchev–Trinajstić information content (AvgIpc) is 2.43. The summed E-state index contributed by atoms with van der Waals surface area (Å²) in [5.41, 5.74) is 5.69. The molecule has 0 bridgehead atoms. The summed E-state index contributed by atoms with van der Waals surface area (Å²) >= 11 is 12.0. The van der Waals surface area contributed by atoms with Gasteiger partial charge < -0.3 is 16.0 Å². The van der Waals surface area contributed by atoms with E-state index in [2.05, 4.69) is 5.32 Å². The number of rotatable bonds is 3. The van der Waals surface area contributed by atoms with Gasteiger partial charge >= 0.3 is 6.03 Å². The molecule has 0 aromatic heterocycles. The Kier molecular flexibility index (Phi) is 5.31. The van der Waals surface area contributed by atoms with Crippen LogP contribution in [0.5, 0.6) is 0 Å². The number of urea groups is 1. The highest BCUT2D eigenvalue weighted by molar-refractivity contribution is 6.43. The lowest BCUT2D eigenvalue weighted by molar-refractivity contribution is -0.119. The van der Waals surface area contributed by atoms with Gasteiger partial charge in [-0.2, -0.15) is 0 Å². The van der Waals surface area contributed by atoms with Gasteiger partial charge in [-0.3, -0.25) is 4.79 Å². The third kappa shape index (κ3) is 4.25. The summed E-state index contributed by atoms with van der Waals surface area (Å²) in [5.74, 6) is -0.211. The first kappa shape index (κ1) is 15.9. The van der Waals surface area contributed by atoms with E-state index in [1.54, 1.807) is 23.1 Å². The van der Waals surface area contributed by atoms with Crippen LogP contribution in [0.15, 0.2) is 18.2 Å². The molecule has 0 radical (unpaired) electrons. The van der Waals surface area contributed by atoms with Gasteiger partial charge in [-0.25, -0.2) is 4.79 Å². The van der Waals surface area contributed by atoms with Gasteiger partial charge in [-0.1, -0.05) is 29.3 Å². The molecule has 1 heterocycles. The zero-order valence-electron chi connectivity index (χ0n) is 11.4. The number of nitrogens with zero attached hydrogens (tertiary/aromatic N) is 1. The minimum absolute atomic E-state index is 0.122. The highest BCUT2D eigenvalue weighted by atomic mass is 35.5. The normalized spacial score (nSPS) is 18.4. The highest BCUT2D eigenvalue weighted by Gasteiger charge is 2.25. The van der Waals surface area contributed by atoms with Gasteiger partial charge in [0.05, 0.1) is 15.7 Å². The number of hydrogen-bond acceptors (Lipinski definition) is 2. The van der Waals surface area contributed by atoms with Crippen LogP contribution in [0.3, 0.4) is 0 Å². The van der Waals surface area contributed by atoms with E-state index in [0.717, 1.165) is 12.8 Å². The molecule has 0 spiro atoms. The van der Waals surface area contributed by atoms with Crippen molar-refractivity contribution in [2.75, 3.05) is 18.4 Å². The molecule has 0 aliphatic carbocycles. The Bertz CT molecular complexity index is 551. The Morgan fingerprint density at radius 1 is 1.38 bits per heavy atom. The Balaban J connectivity index is 1.99. The Morgan fingerprint density at radius 3 is 2.86 bits per heavy atom. The van der Waals surface area contributed by atoms with E-state index in [4.69, 9.17) is 28.9 Å². The Hall–Kier alpha value is -1.46. The summed E-state index contributed by atoms with van der Waals surface area (Å²) in [6, 6.07) is 4.82. The fourth-order valence-corrected chi connectivity index (χ4v) is 2.84. The number of halogens is 2. The van der Waals surface area contributed by atoms with Crippen molar-refractivity contribution in [1.82, 2.24) is 4.90 Å². The molecular formula is C14H17Cl2N3O2. The minimum atomic E-state index is -0.333. The zero-order chi connectivity index (χ0) is 15.4. The van der Waals surface area contributed by atoms with Gasteiger partial charge in [0.1, 0.15) is 0 Å². The summed E-state index contributed by atoms with van der Waals surface area (Å²) in [7, 11) is 0. The number of anilines is 1. The Morgan fingerprint density at radius 2 is 2.14 bits per heavy atom. The van der Waals surface area contributed by atoms with Crippen LogP contribution in [0.4, 0.5) is 10.5 Å². The number of nitrogens with two attached hydrogens (primary N) is 1. The number of benzene rings is 1. The summed E-state index contributed by atoms with van der Waals surface area (Å²) in [4.78, 5) is 24.9. The molecule has 1 aliphatic rings. The van der Waals surface area contributed by atoms with Gasteiger partial charge in [0.2, 0.25) is 5.91 Å². The number of amides is 3. The van der Waals surface area contributed by atoms with Crippen LogP contribution in [0.25, 0.3) is 0 Å². The standard InChI is InChI=1S/C14H17Cl2N3O2/c15-10-4-1-5-11(13(10)16)18-14(21)19-6-2-3-9(8-19)7-12(17)20/h1,4-5,9H,2-3,6-8H2,(H2,17,20)(H,18,21). The highest BCUT2D eigenvalue weighted by Crippen LogP contribution is 2.30. The van der Waals surface area contributed by atoms with Crippen LogP contribution in [0.2, 0.25) is 10.0 Å². The first-order chi connectivity index (χ1) is 9.97. The van der Waals surface area contributed by atoms with Crippen molar-refractivity contribution in [1.29, 1.82) is 0 Å². The average molecular weight is 330 g/mol. The van der Waals surface area contributed by atoms with E-state index in [-0.39, 0.29) is 17.9 Å². The molecular weight excluding hydrogens is 313 g/mol. The number of carbonyl (C=O) groups excluding carboxylic acids is 2. The van der Waals surface area contributed by atoms with Crippen molar-refractivity contribution >= 4 is 40.8 Å². The van der Waals surface area contributed by atoms with Crippen LogP contribution >= 0.6 is 23.2 Å². The number of likely N-dealkylation sites (tertiary alicyclic amines) is 1. The molecule has 3 N–H and O–H groups in total. The van der Waals surface area contributed by atoms with E-state index in [9.17, 15) is 9.59 Å². The lowest BCUT2D eigenvalue weighted by atomic mass is 9.95. The van der Waals surface area contributed by atoms with Gasteiger partial charge in [0, 0.05) is 19.5 Å². The first-order valence-electron chi connectivity index (χ1n) is 6.75. The smallest absolute Gasteiger partial charge is 0.321 e. The minimum Gasteiger partial charge on any atom is -0.370 e. The van der Waals surface area contributed by atoms with Crippen LogP contribution < -0.4 is 11.1 Å². The zero-order valence-corrected chi connectivity index (χ0v) is 13.0. The molecule has 3 amide bonds. The summed E-state index contributed by atoms with van der Waals surface area (Å²) < 4.78 is 0. The van der Waals surface area contributed by atoms with E-state index in [0.29, 0.717) is 35.2 Å². The second-order valence-corrected chi connectivity index (χ2v) is 5.94. The molecule has 21 heavy (non-hydrogen) atoms. The van der Waals surface area contributed by atoms with Gasteiger partial charge in [0.15, 0.2) is 0 Å². The third-order valence-electron chi connectivity index (χ3n) is 3.49. The molecule has 1 aromatic carbocycles. The molecule has 1 unspecified atom stereocenters. The Labute approximate surface area is 133 Å². The van der Waals surface area contributed by atoms with Crippen molar-refractivity contribution in [3.63, 3.8) is 0 Å². The third-order valence-corrected chi connectivity index (χ3v) is 4.31. The summed E-state index contributed by atoms with van der Waals surface area (Å²) in [5, 5.41) is 3.46. The van der Waals surface area contributed by atoms with Crippen molar-refractivity contribution in [2.45, 2.75) is 19.3 Å². The summed E-state index contributed by atoms with van der Waals surface area (Å²) in [6.07, 6.45) is 2.07. The number of primary amides is 1. The molecule has 5 nitrogen and oxygen atoms in total. The lowest BCUT2D eigenvalue weighted by Gasteiger charge is -2.32. The monoisotopic (exact) mass is 329 g/mol. The lowest BCUT2D eigenvalue weighted by Crippen LogP contribution is -2.43. The van der Waals surface area contributed by atoms with Crippen LogP contribution in [0, 0.1) is 5.92 Å². The number of nitrogens with one attached hydrogen (secondary N) is 1. The van der Waals surface area contributed by atoms with Gasteiger partial charge in [-0.05, 0) is 30.9 Å². The second kappa shape index (κ2) is 7.00. The first-order valence-corrected chi connectivity index (χ1v) is 7.51. The van der Waals surface area contributed by atoms with E-state index < -0.39 is 0 Å². The quantitative estimate of drug-likeness (QED) is 0.893. The number of carbonyl (C=O) groups is 2. The molecule has 1 saturated heterocycles. The molecule has 1 fully saturated rings. The molecule has 114 valence electrons. The number of piperidine rings is 1. The molecule has 0 saturated carbocycles. The van der Waals surface area contributed by atoms with E-state index >= 15 is 0 Å². The largest absolute Gasteiger partial charge is 0.370 e. The van der Waals surface area contributed by atoms with Crippen LogP contribution in [-0.4, -0.2) is 29.9 Å². The van der Waals surface area contributed by atoms with E-state index in [1.807, 2.05) is 0 Å². The van der Waals surface area contributed by atoms with Crippen molar-refractivity contribution < 1.29 is 9.59 Å². The van der Waals surface area contributed by atoms with Crippen LogP contribution in [-0.2, 0) is 4.79 Å². The SMILES string of the molecule is NC(=O)CC1CCCN(C(=O)Nc2cccc(Cl)c2Cl)C1. The fourth-order valence-electron chi connectivity index (χ4n) is 2.50.